The van der Waals surface area contributed by atoms with Crippen molar-refractivity contribution < 1.29 is 9.90 Å². The van der Waals surface area contributed by atoms with Gasteiger partial charge in [0, 0.05) is 14.3 Å². The van der Waals surface area contributed by atoms with Gasteiger partial charge in [-0.05, 0) is 45.6 Å². The molecule has 0 bridgehead atoms. The molecule has 3 rings (SSSR count). The monoisotopic (exact) mass is 411 g/mol. The van der Waals surface area contributed by atoms with Gasteiger partial charge >= 0.3 is 5.97 Å². The molecule has 0 fully saturated rings. The molecule has 0 aliphatic rings. The molecule has 0 atom stereocenters. The van der Waals surface area contributed by atoms with E-state index in [-0.39, 0.29) is 5.56 Å². The Morgan fingerprint density at radius 1 is 1.25 bits per heavy atom. The molecule has 0 saturated carbocycles. The summed E-state index contributed by atoms with van der Waals surface area (Å²) in [7, 11) is 0. The van der Waals surface area contributed by atoms with Crippen molar-refractivity contribution >= 4 is 60.1 Å². The second kappa shape index (κ2) is 5.27. The highest BCUT2D eigenvalue weighted by molar-refractivity contribution is 9.11. The largest absolute Gasteiger partial charge is 0.478 e. The van der Waals surface area contributed by atoms with Crippen LogP contribution in [0, 0.1) is 0 Å². The SMILES string of the molecule is O=C(O)c1cc(-c2cccs2)nc2c(Br)cc(Br)cc12. The Morgan fingerprint density at radius 3 is 2.70 bits per heavy atom. The quantitative estimate of drug-likeness (QED) is 0.630. The fourth-order valence-electron chi connectivity index (χ4n) is 1.98. The summed E-state index contributed by atoms with van der Waals surface area (Å²) in [5, 5.41) is 12.0. The molecule has 6 heteroatoms. The number of carbonyl (C=O) groups is 1. The highest BCUT2D eigenvalue weighted by atomic mass is 79.9. The summed E-state index contributed by atoms with van der Waals surface area (Å²) in [4.78, 5) is 17.0. The van der Waals surface area contributed by atoms with Crippen LogP contribution in [-0.4, -0.2) is 16.1 Å². The third-order valence-corrected chi connectivity index (χ3v) is 4.79. The summed E-state index contributed by atoms with van der Waals surface area (Å²) in [5.41, 5.74) is 1.57. The van der Waals surface area contributed by atoms with E-state index in [1.807, 2.05) is 23.6 Å². The second-order valence-corrected chi connectivity index (χ2v) is 6.84. The van der Waals surface area contributed by atoms with E-state index in [4.69, 9.17) is 0 Å². The van der Waals surface area contributed by atoms with Gasteiger partial charge in [0.05, 0.1) is 21.7 Å². The molecule has 0 amide bonds. The molecule has 0 radical (unpaired) electrons. The third-order valence-electron chi connectivity index (χ3n) is 2.84. The zero-order valence-corrected chi connectivity index (χ0v) is 13.9. The lowest BCUT2D eigenvalue weighted by atomic mass is 10.1. The normalized spacial score (nSPS) is 10.9. The molecule has 0 saturated heterocycles. The first kappa shape index (κ1) is 13.7. The van der Waals surface area contributed by atoms with Crippen LogP contribution in [0.4, 0.5) is 0 Å². The number of carboxylic acids is 1. The summed E-state index contributed by atoms with van der Waals surface area (Å²) in [6.45, 7) is 0. The van der Waals surface area contributed by atoms with Gasteiger partial charge < -0.3 is 5.11 Å². The van der Waals surface area contributed by atoms with Crippen LogP contribution in [0.15, 0.2) is 44.7 Å². The number of fused-ring (bicyclic) bond motifs is 1. The van der Waals surface area contributed by atoms with Crippen molar-refractivity contribution in [3.8, 4) is 10.6 Å². The van der Waals surface area contributed by atoms with Crippen LogP contribution in [0.5, 0.6) is 0 Å². The molecule has 1 aromatic carbocycles. The number of nitrogens with zero attached hydrogens (tertiary/aromatic N) is 1. The molecular formula is C14H7Br2NO2S. The van der Waals surface area contributed by atoms with E-state index in [2.05, 4.69) is 36.8 Å². The molecule has 20 heavy (non-hydrogen) atoms. The van der Waals surface area contributed by atoms with E-state index >= 15 is 0 Å². The number of benzene rings is 1. The Balaban J connectivity index is 2.40. The van der Waals surface area contributed by atoms with Crippen LogP contribution in [-0.2, 0) is 0 Å². The highest BCUT2D eigenvalue weighted by Crippen LogP contribution is 2.33. The predicted molar refractivity (Wildman–Crippen MR) is 87.4 cm³/mol. The Kier molecular flexibility index (Phi) is 3.62. The minimum atomic E-state index is -0.958. The van der Waals surface area contributed by atoms with Gasteiger partial charge in [-0.15, -0.1) is 11.3 Å². The van der Waals surface area contributed by atoms with Gasteiger partial charge in [-0.25, -0.2) is 9.78 Å². The molecule has 3 aromatic rings. The van der Waals surface area contributed by atoms with Crippen LogP contribution in [0.25, 0.3) is 21.5 Å². The fraction of sp³-hybridized carbons (Fsp3) is 0. The molecule has 2 heterocycles. The van der Waals surface area contributed by atoms with Crippen LogP contribution in [0.3, 0.4) is 0 Å². The van der Waals surface area contributed by atoms with Crippen molar-refractivity contribution in [2.45, 2.75) is 0 Å². The zero-order valence-electron chi connectivity index (χ0n) is 9.93. The molecule has 0 unspecified atom stereocenters. The van der Waals surface area contributed by atoms with E-state index < -0.39 is 5.97 Å². The van der Waals surface area contributed by atoms with Gasteiger partial charge in [-0.3, -0.25) is 0 Å². The van der Waals surface area contributed by atoms with Gasteiger partial charge in [-0.1, -0.05) is 22.0 Å². The number of carboxylic acid groups (broad SMARTS) is 1. The Hall–Kier alpha value is -1.24. The van der Waals surface area contributed by atoms with Crippen LogP contribution >= 0.6 is 43.2 Å². The van der Waals surface area contributed by atoms with E-state index in [1.54, 1.807) is 12.1 Å². The number of thiophene rings is 1. The summed E-state index contributed by atoms with van der Waals surface area (Å²) >= 11 is 8.36. The lowest BCUT2D eigenvalue weighted by Gasteiger charge is -2.08. The van der Waals surface area contributed by atoms with E-state index in [0.717, 1.165) is 13.8 Å². The predicted octanol–water partition coefficient (Wildman–Crippen LogP) is 5.19. The first-order valence-corrected chi connectivity index (χ1v) is 8.10. The topological polar surface area (TPSA) is 50.2 Å². The minimum Gasteiger partial charge on any atom is -0.478 e. The first-order chi connectivity index (χ1) is 9.56. The van der Waals surface area contributed by atoms with Gasteiger partial charge in [0.15, 0.2) is 0 Å². The average Bonchev–Trinajstić information content (AvgIpc) is 2.91. The standard InChI is InChI=1S/C14H7Br2NO2S/c15-7-4-8-9(14(18)19)6-11(12-2-1-3-20-12)17-13(8)10(16)5-7/h1-6H,(H,18,19). The van der Waals surface area contributed by atoms with Gasteiger partial charge in [0.1, 0.15) is 0 Å². The number of hydrogen-bond acceptors (Lipinski definition) is 3. The maximum absolute atomic E-state index is 11.5. The lowest BCUT2D eigenvalue weighted by Crippen LogP contribution is -2.00. The highest BCUT2D eigenvalue weighted by Gasteiger charge is 2.15. The number of pyridine rings is 1. The van der Waals surface area contributed by atoms with E-state index in [0.29, 0.717) is 16.6 Å². The third kappa shape index (κ3) is 2.39. The summed E-state index contributed by atoms with van der Waals surface area (Å²) in [6.07, 6.45) is 0. The van der Waals surface area contributed by atoms with Crippen molar-refractivity contribution in [3.63, 3.8) is 0 Å². The Bertz CT molecular complexity index is 816. The smallest absolute Gasteiger partial charge is 0.336 e. The number of halogens is 2. The number of aromatic nitrogens is 1. The van der Waals surface area contributed by atoms with Gasteiger partial charge in [0.2, 0.25) is 0 Å². The molecule has 0 aliphatic heterocycles. The zero-order chi connectivity index (χ0) is 14.3. The lowest BCUT2D eigenvalue weighted by molar-refractivity contribution is 0.0699. The van der Waals surface area contributed by atoms with Crippen LogP contribution in [0.2, 0.25) is 0 Å². The summed E-state index contributed by atoms with van der Waals surface area (Å²) in [6, 6.07) is 9.10. The summed E-state index contributed by atoms with van der Waals surface area (Å²) in [5.74, 6) is -0.958. The van der Waals surface area contributed by atoms with Crippen LogP contribution in [0.1, 0.15) is 10.4 Å². The van der Waals surface area contributed by atoms with Crippen molar-refractivity contribution in [1.29, 1.82) is 0 Å². The molecule has 2 aromatic heterocycles. The molecule has 0 spiro atoms. The molecular weight excluding hydrogens is 406 g/mol. The molecule has 100 valence electrons. The van der Waals surface area contributed by atoms with E-state index in [1.165, 1.54) is 11.3 Å². The number of aromatic carboxylic acids is 1. The summed E-state index contributed by atoms with van der Waals surface area (Å²) < 4.78 is 1.58. The average molecular weight is 413 g/mol. The van der Waals surface area contributed by atoms with Crippen molar-refractivity contribution in [2.75, 3.05) is 0 Å². The minimum absolute atomic E-state index is 0.250. The van der Waals surface area contributed by atoms with Gasteiger partial charge in [-0.2, -0.15) is 0 Å². The Morgan fingerprint density at radius 2 is 2.05 bits per heavy atom. The maximum Gasteiger partial charge on any atom is 0.336 e. The Labute approximate surface area is 135 Å². The first-order valence-electron chi connectivity index (χ1n) is 5.63. The maximum atomic E-state index is 11.5. The van der Waals surface area contributed by atoms with E-state index in [9.17, 15) is 9.90 Å². The van der Waals surface area contributed by atoms with Crippen LogP contribution < -0.4 is 0 Å². The molecule has 0 aliphatic carbocycles. The molecule has 1 N–H and O–H groups in total. The fourth-order valence-corrected chi connectivity index (χ4v) is 3.98. The molecule has 3 nitrogen and oxygen atoms in total. The van der Waals surface area contributed by atoms with Crippen molar-refractivity contribution in [3.05, 3.63) is 50.2 Å². The van der Waals surface area contributed by atoms with Crippen molar-refractivity contribution in [1.82, 2.24) is 4.98 Å². The number of hydrogen-bond donors (Lipinski definition) is 1. The van der Waals surface area contributed by atoms with Crippen molar-refractivity contribution in [2.24, 2.45) is 0 Å². The second-order valence-electron chi connectivity index (χ2n) is 4.12. The van der Waals surface area contributed by atoms with Gasteiger partial charge in [0.25, 0.3) is 0 Å². The number of rotatable bonds is 2.